The molecule has 2 atom stereocenters. The van der Waals surface area contributed by atoms with Crippen molar-refractivity contribution in [2.24, 2.45) is 11.3 Å². The van der Waals surface area contributed by atoms with E-state index in [1.54, 1.807) is 6.07 Å². The van der Waals surface area contributed by atoms with Crippen LogP contribution in [0.2, 0.25) is 10.0 Å². The van der Waals surface area contributed by atoms with Gasteiger partial charge >= 0.3 is 0 Å². The minimum atomic E-state index is -1.24. The number of halogens is 2. The van der Waals surface area contributed by atoms with E-state index in [1.807, 2.05) is 45.2 Å². The van der Waals surface area contributed by atoms with Crippen molar-refractivity contribution in [3.63, 3.8) is 0 Å². The third-order valence-electron chi connectivity index (χ3n) is 8.17. The monoisotopic (exact) mass is 535 g/mol. The highest BCUT2D eigenvalue weighted by atomic mass is 35.5. The van der Waals surface area contributed by atoms with Gasteiger partial charge in [-0.1, -0.05) is 36.2 Å². The van der Waals surface area contributed by atoms with Gasteiger partial charge in [-0.05, 0) is 38.8 Å². The fraction of sp³-hybridized carbons (Fsp3) is 0.593. The van der Waals surface area contributed by atoms with Crippen LogP contribution >= 0.6 is 23.2 Å². The number of aryl methyl sites for hydroxylation is 1. The normalized spacial score (nSPS) is 28.1. The lowest BCUT2D eigenvalue weighted by Crippen LogP contribution is -2.62. The number of aromatic nitrogens is 1. The molecule has 3 aliphatic rings. The minimum absolute atomic E-state index is 0.189. The summed E-state index contributed by atoms with van der Waals surface area (Å²) >= 11 is 12.4. The Kier molecular flexibility index (Phi) is 7.42. The fourth-order valence-corrected chi connectivity index (χ4v) is 6.18. The number of aliphatic hydroxyl groups excluding tert-OH is 1. The van der Waals surface area contributed by atoms with Gasteiger partial charge in [0.25, 0.3) is 0 Å². The number of benzene rings is 1. The van der Waals surface area contributed by atoms with Crippen LogP contribution < -0.4 is 9.64 Å². The average Bonchev–Trinajstić information content (AvgIpc) is 2.78. The summed E-state index contributed by atoms with van der Waals surface area (Å²) in [4.78, 5) is 9.39. The Bertz CT molecular complexity index is 1090. The number of hydrogen-bond donors (Lipinski definition) is 2. The van der Waals surface area contributed by atoms with Gasteiger partial charge < -0.3 is 24.6 Å². The average molecular weight is 537 g/mol. The van der Waals surface area contributed by atoms with Crippen LogP contribution in [-0.2, 0) is 4.74 Å². The van der Waals surface area contributed by atoms with Gasteiger partial charge in [-0.25, -0.2) is 4.98 Å². The number of nitrogens with zero attached hydrogens (tertiary/aromatic N) is 3. The summed E-state index contributed by atoms with van der Waals surface area (Å²) in [6, 6.07) is 7.87. The third-order valence-corrected chi connectivity index (χ3v) is 8.73. The predicted molar refractivity (Wildman–Crippen MR) is 141 cm³/mol. The maximum absolute atomic E-state index is 9.62. The minimum Gasteiger partial charge on any atom is -0.486 e. The molecule has 2 N–H and O–H groups in total. The van der Waals surface area contributed by atoms with Gasteiger partial charge in [-0.2, -0.15) is 0 Å². The second kappa shape index (κ2) is 10.3. The maximum atomic E-state index is 9.62. The summed E-state index contributed by atoms with van der Waals surface area (Å²) in [5.74, 6) is 2.14. The quantitative estimate of drug-likeness (QED) is 0.507. The molecule has 0 radical (unpaired) electrons. The molecule has 1 aromatic carbocycles. The topological polar surface area (TPSA) is 78.3 Å². The molecule has 2 aromatic rings. The largest absolute Gasteiger partial charge is 0.486 e. The number of morpholine rings is 1. The molecular weight excluding hydrogens is 501 g/mol. The number of hydrogen-bond acceptors (Lipinski definition) is 7. The number of anilines is 1. The van der Waals surface area contributed by atoms with E-state index < -0.39 is 6.29 Å². The summed E-state index contributed by atoms with van der Waals surface area (Å²) in [6.07, 6.45) is 2.22. The molecule has 0 spiro atoms. The van der Waals surface area contributed by atoms with Crippen LogP contribution in [0.5, 0.6) is 5.75 Å². The van der Waals surface area contributed by atoms with Gasteiger partial charge in [-0.3, -0.25) is 4.90 Å². The van der Waals surface area contributed by atoms with E-state index in [-0.39, 0.29) is 17.6 Å². The molecule has 1 aliphatic carbocycles. The van der Waals surface area contributed by atoms with E-state index in [9.17, 15) is 10.2 Å². The van der Waals surface area contributed by atoms with E-state index in [2.05, 4.69) is 14.8 Å². The second-order valence-electron chi connectivity index (χ2n) is 10.9. The van der Waals surface area contributed by atoms with E-state index in [0.717, 1.165) is 68.3 Å². The molecule has 2 aliphatic heterocycles. The standard InChI is InChI=1S/C27H35Cl2N3O4/c1-16-12-30-25(9-23(16)36-17(2)21-5-4-19(28)8-22(21)29)32-13-18(14-32)24-15-31(6-7-35-24)20-10-27(3,11-20)26(33)34/h4-5,8-9,12,17-18,20,24,26,33-34H,6-7,10-11,13-15H2,1-3H3/t17-,20?,24?,27?/m1/s1. The van der Waals surface area contributed by atoms with Crippen LogP contribution in [0.15, 0.2) is 30.5 Å². The molecule has 3 fully saturated rings. The lowest BCUT2D eigenvalue weighted by molar-refractivity contribution is -0.190. The molecule has 1 saturated carbocycles. The van der Waals surface area contributed by atoms with Crippen molar-refractivity contribution in [2.45, 2.75) is 58.2 Å². The van der Waals surface area contributed by atoms with Crippen LogP contribution in [0.25, 0.3) is 0 Å². The zero-order chi connectivity index (χ0) is 25.6. The number of ether oxygens (including phenoxy) is 2. The van der Waals surface area contributed by atoms with Gasteiger partial charge in [-0.15, -0.1) is 0 Å². The smallest absolute Gasteiger partial charge is 0.156 e. The summed E-state index contributed by atoms with van der Waals surface area (Å²) in [5, 5.41) is 20.4. The molecule has 196 valence electrons. The molecule has 7 nitrogen and oxygen atoms in total. The molecule has 5 rings (SSSR count). The van der Waals surface area contributed by atoms with Crippen LogP contribution in [0.1, 0.15) is 43.9 Å². The molecule has 2 saturated heterocycles. The first-order chi connectivity index (χ1) is 17.1. The van der Waals surface area contributed by atoms with Gasteiger partial charge in [0, 0.05) is 77.0 Å². The van der Waals surface area contributed by atoms with E-state index in [0.29, 0.717) is 22.0 Å². The van der Waals surface area contributed by atoms with Crippen molar-refractivity contribution in [2.75, 3.05) is 37.7 Å². The first-order valence-electron chi connectivity index (χ1n) is 12.7. The summed E-state index contributed by atoms with van der Waals surface area (Å²) in [6.45, 7) is 10.2. The van der Waals surface area contributed by atoms with Gasteiger partial charge in [0.15, 0.2) is 6.29 Å². The Morgan fingerprint density at radius 3 is 2.61 bits per heavy atom. The highest BCUT2D eigenvalue weighted by molar-refractivity contribution is 6.35. The molecule has 0 amide bonds. The van der Waals surface area contributed by atoms with Crippen LogP contribution in [-0.4, -0.2) is 71.3 Å². The van der Waals surface area contributed by atoms with Crippen molar-refractivity contribution in [3.05, 3.63) is 51.6 Å². The molecule has 36 heavy (non-hydrogen) atoms. The molecule has 1 aromatic heterocycles. The summed E-state index contributed by atoms with van der Waals surface area (Å²) in [7, 11) is 0. The van der Waals surface area contributed by atoms with Crippen molar-refractivity contribution in [3.8, 4) is 5.75 Å². The first kappa shape index (κ1) is 26.0. The fourth-order valence-electron chi connectivity index (χ4n) is 5.61. The highest BCUT2D eigenvalue weighted by Gasteiger charge is 2.49. The predicted octanol–water partition coefficient (Wildman–Crippen LogP) is 4.45. The summed E-state index contributed by atoms with van der Waals surface area (Å²) < 4.78 is 12.4. The van der Waals surface area contributed by atoms with E-state index in [4.69, 9.17) is 32.7 Å². The van der Waals surface area contributed by atoms with Gasteiger partial charge in [0.2, 0.25) is 0 Å². The van der Waals surface area contributed by atoms with Crippen molar-refractivity contribution in [1.82, 2.24) is 9.88 Å². The second-order valence-corrected chi connectivity index (χ2v) is 11.7. The van der Waals surface area contributed by atoms with E-state index in [1.165, 1.54) is 0 Å². The van der Waals surface area contributed by atoms with E-state index >= 15 is 0 Å². The Morgan fingerprint density at radius 1 is 1.17 bits per heavy atom. The van der Waals surface area contributed by atoms with Crippen LogP contribution in [0, 0.1) is 18.3 Å². The number of aliphatic hydroxyl groups is 2. The lowest BCUT2D eigenvalue weighted by atomic mass is 9.65. The maximum Gasteiger partial charge on any atom is 0.156 e. The zero-order valence-electron chi connectivity index (χ0n) is 21.0. The Balaban J connectivity index is 1.17. The molecule has 1 unspecified atom stereocenters. The Hall–Kier alpha value is -1.61. The molecule has 0 bridgehead atoms. The lowest BCUT2D eigenvalue weighted by Gasteiger charge is -2.54. The van der Waals surface area contributed by atoms with Crippen molar-refractivity contribution in [1.29, 1.82) is 0 Å². The Morgan fingerprint density at radius 2 is 1.92 bits per heavy atom. The molecular formula is C27H35Cl2N3O4. The number of pyridine rings is 1. The van der Waals surface area contributed by atoms with Crippen LogP contribution in [0.3, 0.4) is 0 Å². The van der Waals surface area contributed by atoms with Crippen LogP contribution in [0.4, 0.5) is 5.82 Å². The first-order valence-corrected chi connectivity index (χ1v) is 13.4. The zero-order valence-corrected chi connectivity index (χ0v) is 22.5. The highest BCUT2D eigenvalue weighted by Crippen LogP contribution is 2.46. The van der Waals surface area contributed by atoms with Gasteiger partial charge in [0.05, 0.1) is 12.7 Å². The van der Waals surface area contributed by atoms with Crippen molar-refractivity contribution < 1.29 is 19.7 Å². The Labute approximate surface area is 222 Å². The molecule has 3 heterocycles. The van der Waals surface area contributed by atoms with Gasteiger partial charge in [0.1, 0.15) is 17.7 Å². The number of rotatable bonds is 7. The summed E-state index contributed by atoms with van der Waals surface area (Å²) in [5.41, 5.74) is 1.49. The molecule has 9 heteroatoms. The van der Waals surface area contributed by atoms with Crippen molar-refractivity contribution >= 4 is 29.0 Å². The SMILES string of the molecule is Cc1cnc(N2CC(C3CN(C4CC(C)(C(O)O)C4)CCO3)C2)cc1O[C@H](C)c1ccc(Cl)cc1Cl. The third kappa shape index (κ3) is 5.19.